The van der Waals surface area contributed by atoms with E-state index in [1.807, 2.05) is 22.8 Å². The molecule has 1 atom stereocenters. The molecule has 0 bridgehead atoms. The fraction of sp³-hybridized carbons (Fsp3) is 0.625. The molecular weight excluding hydrogens is 390 g/mol. The lowest BCUT2D eigenvalue weighted by atomic mass is 10.00. The summed E-state index contributed by atoms with van der Waals surface area (Å²) in [5.41, 5.74) is 2.57. The molecule has 3 aliphatic rings. The van der Waals surface area contributed by atoms with E-state index in [0.29, 0.717) is 18.4 Å². The molecule has 2 fully saturated rings. The standard InChI is InChI=1S/C24H35N5O2/c1-2-25-24(27-21-12-14-29(17-21)23(31)19-8-4-5-9-19)26-15-22(30)28-13-11-18-7-3-6-10-20(18)16-28/h3,6-7,10,19,21H,2,4-5,8-9,11-17H2,1H3,(H2,25,26,27). The molecule has 0 aromatic heterocycles. The zero-order chi connectivity index (χ0) is 21.6. The van der Waals surface area contributed by atoms with Gasteiger partial charge in [-0.3, -0.25) is 9.59 Å². The third-order valence-corrected chi connectivity index (χ3v) is 6.75. The van der Waals surface area contributed by atoms with E-state index in [0.717, 1.165) is 51.9 Å². The lowest BCUT2D eigenvalue weighted by molar-refractivity contribution is -0.134. The van der Waals surface area contributed by atoms with Crippen LogP contribution in [-0.2, 0) is 22.6 Å². The van der Waals surface area contributed by atoms with Crippen molar-refractivity contribution in [3.8, 4) is 0 Å². The highest BCUT2D eigenvalue weighted by molar-refractivity contribution is 5.85. The molecule has 1 saturated carbocycles. The smallest absolute Gasteiger partial charge is 0.244 e. The zero-order valence-corrected chi connectivity index (χ0v) is 18.6. The number of carbonyl (C=O) groups is 2. The lowest BCUT2D eigenvalue weighted by Crippen LogP contribution is -2.46. The van der Waals surface area contributed by atoms with Crippen molar-refractivity contribution >= 4 is 17.8 Å². The van der Waals surface area contributed by atoms with E-state index in [4.69, 9.17) is 0 Å². The van der Waals surface area contributed by atoms with E-state index in [-0.39, 0.29) is 24.4 Å². The van der Waals surface area contributed by atoms with Crippen molar-refractivity contribution in [1.29, 1.82) is 0 Å². The van der Waals surface area contributed by atoms with E-state index in [9.17, 15) is 9.59 Å². The number of amides is 2. The molecule has 168 valence electrons. The van der Waals surface area contributed by atoms with E-state index < -0.39 is 0 Å². The molecule has 1 aliphatic carbocycles. The summed E-state index contributed by atoms with van der Waals surface area (Å²) in [6.45, 7) is 5.81. The monoisotopic (exact) mass is 425 g/mol. The zero-order valence-electron chi connectivity index (χ0n) is 18.6. The summed E-state index contributed by atoms with van der Waals surface area (Å²) in [6, 6.07) is 8.51. The Kier molecular flexibility index (Phi) is 7.10. The van der Waals surface area contributed by atoms with Gasteiger partial charge in [-0.25, -0.2) is 4.99 Å². The lowest BCUT2D eigenvalue weighted by Gasteiger charge is -2.28. The molecule has 1 saturated heterocycles. The first-order valence-electron chi connectivity index (χ1n) is 11.8. The molecule has 1 aromatic carbocycles. The van der Waals surface area contributed by atoms with Crippen molar-refractivity contribution in [2.75, 3.05) is 32.7 Å². The van der Waals surface area contributed by atoms with Gasteiger partial charge >= 0.3 is 0 Å². The van der Waals surface area contributed by atoms with Crippen molar-refractivity contribution in [2.45, 2.75) is 58.0 Å². The number of likely N-dealkylation sites (tertiary alicyclic amines) is 1. The molecule has 4 rings (SSSR count). The fourth-order valence-corrected chi connectivity index (χ4v) is 4.98. The Morgan fingerprint density at radius 3 is 2.61 bits per heavy atom. The van der Waals surface area contributed by atoms with Crippen LogP contribution in [0.5, 0.6) is 0 Å². The number of nitrogens with one attached hydrogen (secondary N) is 2. The van der Waals surface area contributed by atoms with Crippen LogP contribution in [0.15, 0.2) is 29.3 Å². The normalized spacial score (nSPS) is 21.8. The Balaban J connectivity index is 1.29. The predicted molar refractivity (Wildman–Crippen MR) is 122 cm³/mol. The summed E-state index contributed by atoms with van der Waals surface area (Å²) in [7, 11) is 0. The Morgan fingerprint density at radius 2 is 1.84 bits per heavy atom. The number of benzene rings is 1. The molecule has 1 aromatic rings. The number of fused-ring (bicyclic) bond motifs is 1. The van der Waals surface area contributed by atoms with Gasteiger partial charge in [-0.05, 0) is 43.7 Å². The molecule has 0 radical (unpaired) electrons. The summed E-state index contributed by atoms with van der Waals surface area (Å²) in [4.78, 5) is 33.9. The first kappa shape index (κ1) is 21.7. The van der Waals surface area contributed by atoms with Crippen LogP contribution in [0.4, 0.5) is 0 Å². The molecule has 2 N–H and O–H groups in total. The summed E-state index contributed by atoms with van der Waals surface area (Å²) >= 11 is 0. The second-order valence-electron chi connectivity index (χ2n) is 8.92. The topological polar surface area (TPSA) is 77.0 Å². The minimum Gasteiger partial charge on any atom is -0.357 e. The highest BCUT2D eigenvalue weighted by Crippen LogP contribution is 2.27. The molecule has 7 nitrogen and oxygen atoms in total. The van der Waals surface area contributed by atoms with Gasteiger partial charge in [-0.1, -0.05) is 37.1 Å². The van der Waals surface area contributed by atoms with Crippen molar-refractivity contribution in [2.24, 2.45) is 10.9 Å². The average molecular weight is 426 g/mol. The van der Waals surface area contributed by atoms with Crippen molar-refractivity contribution < 1.29 is 9.59 Å². The molecule has 0 spiro atoms. The Morgan fingerprint density at radius 1 is 1.06 bits per heavy atom. The van der Waals surface area contributed by atoms with Crippen LogP contribution in [-0.4, -0.2) is 66.3 Å². The van der Waals surface area contributed by atoms with Gasteiger partial charge in [0, 0.05) is 44.7 Å². The number of hydrogen-bond donors (Lipinski definition) is 2. The number of nitrogens with zero attached hydrogens (tertiary/aromatic N) is 3. The van der Waals surface area contributed by atoms with Gasteiger partial charge in [-0.2, -0.15) is 0 Å². The summed E-state index contributed by atoms with van der Waals surface area (Å²) in [6.07, 6.45) is 6.26. The molecular formula is C24H35N5O2. The third kappa shape index (κ3) is 5.38. The number of rotatable bonds is 5. The number of guanidine groups is 1. The SMILES string of the molecule is CCNC(=NCC(=O)N1CCc2ccccc2C1)NC1CCN(C(=O)C2CCCC2)C1. The van der Waals surface area contributed by atoms with E-state index >= 15 is 0 Å². The van der Waals surface area contributed by atoms with Gasteiger partial charge in [0.2, 0.25) is 11.8 Å². The van der Waals surface area contributed by atoms with Crippen LogP contribution in [0.2, 0.25) is 0 Å². The van der Waals surface area contributed by atoms with Gasteiger partial charge in [0.1, 0.15) is 6.54 Å². The van der Waals surface area contributed by atoms with Gasteiger partial charge in [0.25, 0.3) is 0 Å². The molecule has 2 amide bonds. The van der Waals surface area contributed by atoms with Gasteiger partial charge in [0.15, 0.2) is 5.96 Å². The van der Waals surface area contributed by atoms with E-state index in [2.05, 4.69) is 33.8 Å². The van der Waals surface area contributed by atoms with Crippen molar-refractivity contribution in [3.63, 3.8) is 0 Å². The molecule has 2 heterocycles. The Labute approximate surface area is 185 Å². The van der Waals surface area contributed by atoms with Crippen LogP contribution >= 0.6 is 0 Å². The molecule has 1 unspecified atom stereocenters. The van der Waals surface area contributed by atoms with Gasteiger partial charge in [0.05, 0.1) is 0 Å². The van der Waals surface area contributed by atoms with Crippen LogP contribution in [0.25, 0.3) is 0 Å². The number of carbonyl (C=O) groups excluding carboxylic acids is 2. The Hall–Kier alpha value is -2.57. The third-order valence-electron chi connectivity index (χ3n) is 6.75. The summed E-state index contributed by atoms with van der Waals surface area (Å²) in [5, 5.41) is 6.69. The van der Waals surface area contributed by atoms with Crippen LogP contribution < -0.4 is 10.6 Å². The highest BCUT2D eigenvalue weighted by Gasteiger charge is 2.32. The molecule has 31 heavy (non-hydrogen) atoms. The van der Waals surface area contributed by atoms with Gasteiger partial charge < -0.3 is 20.4 Å². The van der Waals surface area contributed by atoms with Crippen LogP contribution in [0.3, 0.4) is 0 Å². The highest BCUT2D eigenvalue weighted by atomic mass is 16.2. The van der Waals surface area contributed by atoms with Crippen LogP contribution in [0, 0.1) is 5.92 Å². The fourth-order valence-electron chi connectivity index (χ4n) is 4.98. The maximum Gasteiger partial charge on any atom is 0.244 e. The van der Waals surface area contributed by atoms with E-state index in [1.54, 1.807) is 0 Å². The number of aliphatic imine (C=N–C) groups is 1. The molecule has 2 aliphatic heterocycles. The average Bonchev–Trinajstić information content (AvgIpc) is 3.49. The predicted octanol–water partition coefficient (Wildman–Crippen LogP) is 1.92. The van der Waals surface area contributed by atoms with Gasteiger partial charge in [-0.15, -0.1) is 0 Å². The second-order valence-corrected chi connectivity index (χ2v) is 8.92. The van der Waals surface area contributed by atoms with Crippen molar-refractivity contribution in [3.05, 3.63) is 35.4 Å². The summed E-state index contributed by atoms with van der Waals surface area (Å²) < 4.78 is 0. The second kappa shape index (κ2) is 10.2. The van der Waals surface area contributed by atoms with Crippen molar-refractivity contribution in [1.82, 2.24) is 20.4 Å². The Bertz CT molecular complexity index is 818. The number of hydrogen-bond acceptors (Lipinski definition) is 3. The maximum atomic E-state index is 12.8. The largest absolute Gasteiger partial charge is 0.357 e. The van der Waals surface area contributed by atoms with E-state index in [1.165, 1.54) is 24.0 Å². The maximum absolute atomic E-state index is 12.8. The first-order valence-corrected chi connectivity index (χ1v) is 11.8. The molecule has 7 heteroatoms. The minimum atomic E-state index is 0.0520. The van der Waals surface area contributed by atoms with Crippen LogP contribution in [0.1, 0.15) is 50.2 Å². The first-order chi connectivity index (χ1) is 15.1. The minimum absolute atomic E-state index is 0.0520. The quantitative estimate of drug-likeness (QED) is 0.558. The summed E-state index contributed by atoms with van der Waals surface area (Å²) in [5.74, 6) is 1.27.